The van der Waals surface area contributed by atoms with Gasteiger partial charge in [-0.1, -0.05) is 26.3 Å². The van der Waals surface area contributed by atoms with Crippen molar-refractivity contribution in [1.82, 2.24) is 9.38 Å². The summed E-state index contributed by atoms with van der Waals surface area (Å²) in [5.74, 6) is 0. The maximum atomic E-state index is 11.2. The van der Waals surface area contributed by atoms with E-state index in [9.17, 15) is 4.79 Å². The average molecular weight is 230 g/mol. The highest BCUT2D eigenvalue weighted by Crippen LogP contribution is 2.17. The monoisotopic (exact) mass is 230 g/mol. The molecular weight excluding hydrogens is 212 g/mol. The molecule has 0 aliphatic rings. The number of carbonyl (C=O) groups excluding carboxylic acids is 1. The van der Waals surface area contributed by atoms with E-state index in [-0.39, 0.29) is 0 Å². The van der Waals surface area contributed by atoms with Gasteiger partial charge >= 0.3 is 0 Å². The number of rotatable bonds is 5. The van der Waals surface area contributed by atoms with Crippen LogP contribution in [0.1, 0.15) is 48.4 Å². The Morgan fingerprint density at radius 1 is 1.41 bits per heavy atom. The fraction of sp³-hybridized carbons (Fsp3) is 0.429. The van der Waals surface area contributed by atoms with E-state index >= 15 is 0 Å². The smallest absolute Gasteiger partial charge is 0.168 e. The van der Waals surface area contributed by atoms with Crippen molar-refractivity contribution in [2.45, 2.75) is 39.5 Å². The van der Waals surface area contributed by atoms with E-state index in [1.54, 1.807) is 0 Å². The number of hydrogen-bond donors (Lipinski definition) is 0. The zero-order valence-corrected chi connectivity index (χ0v) is 10.4. The number of carbonyl (C=O) groups is 1. The highest BCUT2D eigenvalue weighted by atomic mass is 16.1. The molecule has 0 saturated heterocycles. The number of hydrogen-bond acceptors (Lipinski definition) is 2. The maximum Gasteiger partial charge on any atom is 0.168 e. The van der Waals surface area contributed by atoms with Gasteiger partial charge in [-0.15, -0.1) is 0 Å². The standard InChI is InChI=1S/C14H18N2O/c1-3-5-8-12-13(10-17)16-9-6-7-11(4-2)14(16)15-12/h6-7,9-10H,3-5,8H2,1-2H3. The van der Waals surface area contributed by atoms with Gasteiger partial charge in [-0.3, -0.25) is 9.20 Å². The molecule has 3 heteroatoms. The number of aryl methyl sites for hydroxylation is 2. The number of imidazole rings is 1. The summed E-state index contributed by atoms with van der Waals surface area (Å²) in [6.07, 6.45) is 6.85. The highest BCUT2D eigenvalue weighted by molar-refractivity contribution is 5.77. The van der Waals surface area contributed by atoms with E-state index < -0.39 is 0 Å². The molecule has 0 bridgehead atoms. The second-order valence-electron chi connectivity index (χ2n) is 4.25. The average Bonchev–Trinajstić information content (AvgIpc) is 2.73. The lowest BCUT2D eigenvalue weighted by Gasteiger charge is -1.99. The molecule has 0 aromatic carbocycles. The van der Waals surface area contributed by atoms with Crippen LogP contribution in [0, 0.1) is 0 Å². The second kappa shape index (κ2) is 5.13. The van der Waals surface area contributed by atoms with Crippen LogP contribution in [0.2, 0.25) is 0 Å². The number of aldehydes is 1. The van der Waals surface area contributed by atoms with Crippen LogP contribution in [-0.4, -0.2) is 15.7 Å². The lowest BCUT2D eigenvalue weighted by Crippen LogP contribution is -1.95. The fourth-order valence-electron chi connectivity index (χ4n) is 2.12. The van der Waals surface area contributed by atoms with Gasteiger partial charge in [-0.2, -0.15) is 0 Å². The second-order valence-corrected chi connectivity index (χ2v) is 4.25. The van der Waals surface area contributed by atoms with Crippen molar-refractivity contribution in [2.24, 2.45) is 0 Å². The van der Waals surface area contributed by atoms with E-state index in [2.05, 4.69) is 24.9 Å². The third-order valence-corrected chi connectivity index (χ3v) is 3.10. The predicted octanol–water partition coefficient (Wildman–Crippen LogP) is 3.05. The van der Waals surface area contributed by atoms with E-state index in [0.29, 0.717) is 5.69 Å². The lowest BCUT2D eigenvalue weighted by atomic mass is 10.2. The number of fused-ring (bicyclic) bond motifs is 1. The van der Waals surface area contributed by atoms with Crippen molar-refractivity contribution in [3.05, 3.63) is 35.3 Å². The molecule has 0 fully saturated rings. The molecule has 2 aromatic heterocycles. The van der Waals surface area contributed by atoms with Crippen molar-refractivity contribution in [3.8, 4) is 0 Å². The highest BCUT2D eigenvalue weighted by Gasteiger charge is 2.12. The Morgan fingerprint density at radius 2 is 2.24 bits per heavy atom. The molecule has 0 amide bonds. The first-order valence-electron chi connectivity index (χ1n) is 6.25. The molecule has 0 spiro atoms. The first-order chi connectivity index (χ1) is 8.31. The van der Waals surface area contributed by atoms with Crippen molar-refractivity contribution in [2.75, 3.05) is 0 Å². The van der Waals surface area contributed by atoms with E-state index in [1.165, 1.54) is 5.56 Å². The van der Waals surface area contributed by atoms with Crippen LogP contribution in [0.25, 0.3) is 5.65 Å². The first kappa shape index (κ1) is 11.8. The number of nitrogens with zero attached hydrogens (tertiary/aromatic N) is 2. The van der Waals surface area contributed by atoms with E-state index in [4.69, 9.17) is 0 Å². The molecule has 2 heterocycles. The summed E-state index contributed by atoms with van der Waals surface area (Å²) < 4.78 is 1.91. The normalized spacial score (nSPS) is 10.9. The van der Waals surface area contributed by atoms with Crippen LogP contribution >= 0.6 is 0 Å². The Morgan fingerprint density at radius 3 is 2.88 bits per heavy atom. The molecule has 90 valence electrons. The van der Waals surface area contributed by atoms with Crippen molar-refractivity contribution in [3.63, 3.8) is 0 Å². The molecule has 0 atom stereocenters. The van der Waals surface area contributed by atoms with Gasteiger partial charge in [0.15, 0.2) is 6.29 Å². The molecule has 0 saturated carbocycles. The summed E-state index contributed by atoms with van der Waals surface area (Å²) in [7, 11) is 0. The summed E-state index contributed by atoms with van der Waals surface area (Å²) in [6.45, 7) is 4.25. The minimum Gasteiger partial charge on any atom is -0.297 e. The van der Waals surface area contributed by atoms with Gasteiger partial charge in [0.05, 0.1) is 5.69 Å². The molecule has 0 radical (unpaired) electrons. The van der Waals surface area contributed by atoms with Gasteiger partial charge in [0.2, 0.25) is 0 Å². The molecule has 2 rings (SSSR count). The summed E-state index contributed by atoms with van der Waals surface area (Å²) in [5.41, 5.74) is 3.77. The summed E-state index contributed by atoms with van der Waals surface area (Å²) in [4.78, 5) is 15.8. The molecular formula is C14H18N2O. The summed E-state index contributed by atoms with van der Waals surface area (Å²) in [5, 5.41) is 0. The zero-order valence-electron chi connectivity index (χ0n) is 10.4. The summed E-state index contributed by atoms with van der Waals surface area (Å²) in [6, 6.07) is 4.05. The number of pyridine rings is 1. The quantitative estimate of drug-likeness (QED) is 0.740. The van der Waals surface area contributed by atoms with Crippen molar-refractivity contribution >= 4 is 11.9 Å². The molecule has 2 aromatic rings. The third-order valence-electron chi connectivity index (χ3n) is 3.10. The van der Waals surface area contributed by atoms with Crippen molar-refractivity contribution in [1.29, 1.82) is 0 Å². The Kier molecular flexibility index (Phi) is 3.57. The molecule has 17 heavy (non-hydrogen) atoms. The number of unbranched alkanes of at least 4 members (excludes halogenated alkanes) is 1. The minimum absolute atomic E-state index is 0.712. The Balaban J connectivity index is 2.57. The maximum absolute atomic E-state index is 11.2. The topological polar surface area (TPSA) is 34.4 Å². The number of aromatic nitrogens is 2. The van der Waals surface area contributed by atoms with E-state index in [0.717, 1.165) is 43.3 Å². The fourth-order valence-corrected chi connectivity index (χ4v) is 2.12. The molecule has 0 N–H and O–H groups in total. The van der Waals surface area contributed by atoms with Crippen LogP contribution in [0.3, 0.4) is 0 Å². The van der Waals surface area contributed by atoms with Crippen LogP contribution in [0.15, 0.2) is 18.3 Å². The zero-order chi connectivity index (χ0) is 12.3. The van der Waals surface area contributed by atoms with Gasteiger partial charge in [0, 0.05) is 6.20 Å². The van der Waals surface area contributed by atoms with Gasteiger partial charge in [0.1, 0.15) is 11.3 Å². The Hall–Kier alpha value is -1.64. The van der Waals surface area contributed by atoms with Crippen LogP contribution < -0.4 is 0 Å². The predicted molar refractivity (Wildman–Crippen MR) is 68.6 cm³/mol. The molecule has 0 unspecified atom stereocenters. The van der Waals surface area contributed by atoms with Crippen LogP contribution in [0.4, 0.5) is 0 Å². The SMILES string of the molecule is CCCCc1nc2c(CC)cccn2c1C=O. The molecule has 0 aliphatic heterocycles. The molecule has 0 aliphatic carbocycles. The lowest BCUT2D eigenvalue weighted by molar-refractivity contribution is 0.111. The third kappa shape index (κ3) is 2.09. The Bertz CT molecular complexity index is 528. The van der Waals surface area contributed by atoms with Gasteiger partial charge in [-0.25, -0.2) is 4.98 Å². The van der Waals surface area contributed by atoms with Gasteiger partial charge < -0.3 is 0 Å². The molecule has 3 nitrogen and oxygen atoms in total. The largest absolute Gasteiger partial charge is 0.297 e. The van der Waals surface area contributed by atoms with E-state index in [1.807, 2.05) is 16.7 Å². The van der Waals surface area contributed by atoms with Gasteiger partial charge in [-0.05, 0) is 30.9 Å². The summed E-state index contributed by atoms with van der Waals surface area (Å²) >= 11 is 0. The van der Waals surface area contributed by atoms with Crippen LogP contribution in [0.5, 0.6) is 0 Å². The minimum atomic E-state index is 0.712. The Labute approximate surface area is 101 Å². The first-order valence-corrected chi connectivity index (χ1v) is 6.25. The van der Waals surface area contributed by atoms with Gasteiger partial charge in [0.25, 0.3) is 0 Å². The van der Waals surface area contributed by atoms with Crippen LogP contribution in [-0.2, 0) is 12.8 Å². The van der Waals surface area contributed by atoms with Crippen molar-refractivity contribution < 1.29 is 4.79 Å².